The first-order valence-corrected chi connectivity index (χ1v) is 10.9. The van der Waals surface area contributed by atoms with E-state index in [1.54, 1.807) is 0 Å². The minimum Gasteiger partial charge on any atom is -0.368 e. The van der Waals surface area contributed by atoms with E-state index >= 15 is 0 Å². The number of nitrogens with zero attached hydrogens (tertiary/aromatic N) is 2. The summed E-state index contributed by atoms with van der Waals surface area (Å²) in [6, 6.07) is 13.2. The number of nitrogens with two attached hydrogens (primary N) is 1. The molecule has 2 aromatic carbocycles. The second-order valence-corrected chi connectivity index (χ2v) is 8.68. The van der Waals surface area contributed by atoms with Crippen LogP contribution in [0.3, 0.4) is 0 Å². The van der Waals surface area contributed by atoms with Crippen molar-refractivity contribution in [3.05, 3.63) is 53.6 Å². The lowest BCUT2D eigenvalue weighted by molar-refractivity contribution is -0.120. The number of carbonyl (C=O) groups is 1. The van der Waals surface area contributed by atoms with E-state index in [9.17, 15) is 13.2 Å². The standard InChI is InChI=1S/C19H23ClN4O3S/c1-14(19(25)22-15-6-8-16(9-7-15)28(21,26)27)23-10-12-24(13-11-23)18-5-3-2-4-17(18)20/h2-9,14H,10-13H2,1H3,(H,22,25)(H2,21,26,27)/t14-/m0/s1. The van der Waals surface area contributed by atoms with E-state index in [0.717, 1.165) is 36.9 Å². The summed E-state index contributed by atoms with van der Waals surface area (Å²) in [6.07, 6.45) is 0. The van der Waals surface area contributed by atoms with Crippen molar-refractivity contribution in [3.63, 3.8) is 0 Å². The van der Waals surface area contributed by atoms with Gasteiger partial charge in [0.05, 0.1) is 21.6 Å². The lowest BCUT2D eigenvalue weighted by Gasteiger charge is -2.38. The smallest absolute Gasteiger partial charge is 0.241 e. The van der Waals surface area contributed by atoms with Crippen LogP contribution >= 0.6 is 11.6 Å². The molecule has 150 valence electrons. The second-order valence-electron chi connectivity index (χ2n) is 6.71. The molecule has 0 saturated carbocycles. The highest BCUT2D eigenvalue weighted by atomic mass is 35.5. The fourth-order valence-corrected chi connectivity index (χ4v) is 3.97. The predicted molar refractivity (Wildman–Crippen MR) is 111 cm³/mol. The molecule has 0 bridgehead atoms. The van der Waals surface area contributed by atoms with Gasteiger partial charge in [0.1, 0.15) is 0 Å². The van der Waals surface area contributed by atoms with E-state index in [1.807, 2.05) is 31.2 Å². The first-order valence-electron chi connectivity index (χ1n) is 8.93. The summed E-state index contributed by atoms with van der Waals surface area (Å²) in [5.41, 5.74) is 1.54. The lowest BCUT2D eigenvalue weighted by atomic mass is 10.2. The quantitative estimate of drug-likeness (QED) is 0.769. The minimum atomic E-state index is -3.75. The maximum Gasteiger partial charge on any atom is 0.241 e. The average molecular weight is 423 g/mol. The van der Waals surface area contributed by atoms with Crippen LogP contribution in [0.25, 0.3) is 0 Å². The van der Waals surface area contributed by atoms with Crippen molar-refractivity contribution < 1.29 is 13.2 Å². The van der Waals surface area contributed by atoms with Crippen LogP contribution in [0.15, 0.2) is 53.4 Å². The predicted octanol–water partition coefficient (Wildman–Crippen LogP) is 2.14. The Bertz CT molecular complexity index is 942. The van der Waals surface area contributed by atoms with E-state index in [1.165, 1.54) is 24.3 Å². The molecule has 0 radical (unpaired) electrons. The number of piperazine rings is 1. The monoisotopic (exact) mass is 422 g/mol. The van der Waals surface area contributed by atoms with Crippen LogP contribution < -0.4 is 15.4 Å². The maximum atomic E-state index is 12.6. The van der Waals surface area contributed by atoms with Crippen molar-refractivity contribution in [2.24, 2.45) is 5.14 Å². The molecule has 1 fully saturated rings. The Hall–Kier alpha value is -2.13. The molecule has 1 heterocycles. The first kappa shape index (κ1) is 20.6. The molecule has 7 nitrogen and oxygen atoms in total. The largest absolute Gasteiger partial charge is 0.368 e. The SMILES string of the molecule is C[C@@H](C(=O)Nc1ccc(S(N)(=O)=O)cc1)N1CCN(c2ccccc2Cl)CC1. The highest BCUT2D eigenvalue weighted by molar-refractivity contribution is 7.89. The summed E-state index contributed by atoms with van der Waals surface area (Å²) >= 11 is 6.27. The van der Waals surface area contributed by atoms with Crippen molar-refractivity contribution in [3.8, 4) is 0 Å². The fraction of sp³-hybridized carbons (Fsp3) is 0.316. The Morgan fingerprint density at radius 1 is 1.07 bits per heavy atom. The number of primary sulfonamides is 1. The van der Waals surface area contributed by atoms with Crippen molar-refractivity contribution in [2.45, 2.75) is 17.9 Å². The zero-order valence-corrected chi connectivity index (χ0v) is 17.1. The topological polar surface area (TPSA) is 95.7 Å². The van der Waals surface area contributed by atoms with E-state index in [4.69, 9.17) is 16.7 Å². The van der Waals surface area contributed by atoms with Gasteiger partial charge in [0.15, 0.2) is 0 Å². The van der Waals surface area contributed by atoms with E-state index in [0.29, 0.717) is 5.69 Å². The van der Waals surface area contributed by atoms with Crippen LogP contribution in [0.1, 0.15) is 6.92 Å². The van der Waals surface area contributed by atoms with Gasteiger partial charge in [-0.05, 0) is 43.3 Å². The van der Waals surface area contributed by atoms with Crippen LogP contribution in [0, 0.1) is 0 Å². The van der Waals surface area contributed by atoms with Gasteiger partial charge in [0.2, 0.25) is 15.9 Å². The van der Waals surface area contributed by atoms with Gasteiger partial charge in [0.25, 0.3) is 0 Å². The molecule has 0 aromatic heterocycles. The third-order valence-corrected chi connectivity index (χ3v) is 6.13. The summed E-state index contributed by atoms with van der Waals surface area (Å²) in [5, 5.41) is 8.63. The van der Waals surface area contributed by atoms with Gasteiger partial charge in [0, 0.05) is 31.9 Å². The highest BCUT2D eigenvalue weighted by Crippen LogP contribution is 2.26. The molecule has 2 aromatic rings. The molecule has 3 N–H and O–H groups in total. The highest BCUT2D eigenvalue weighted by Gasteiger charge is 2.26. The number of sulfonamides is 1. The Morgan fingerprint density at radius 3 is 2.25 bits per heavy atom. The summed E-state index contributed by atoms with van der Waals surface area (Å²) in [5.74, 6) is -0.144. The van der Waals surface area contributed by atoms with E-state index in [-0.39, 0.29) is 16.8 Å². The van der Waals surface area contributed by atoms with E-state index in [2.05, 4.69) is 15.1 Å². The molecule has 28 heavy (non-hydrogen) atoms. The number of benzene rings is 2. The van der Waals surface area contributed by atoms with Crippen molar-refractivity contribution in [1.29, 1.82) is 0 Å². The number of hydrogen-bond acceptors (Lipinski definition) is 5. The molecule has 3 rings (SSSR count). The maximum absolute atomic E-state index is 12.6. The Labute approximate surface area is 170 Å². The zero-order valence-electron chi connectivity index (χ0n) is 15.5. The number of para-hydroxylation sites is 1. The summed E-state index contributed by atoms with van der Waals surface area (Å²) < 4.78 is 22.6. The number of anilines is 2. The van der Waals surface area contributed by atoms with Crippen LogP contribution in [-0.2, 0) is 14.8 Å². The molecule has 9 heteroatoms. The molecule has 1 atom stereocenters. The van der Waals surface area contributed by atoms with Gasteiger partial charge in [-0.2, -0.15) is 0 Å². The van der Waals surface area contributed by atoms with Gasteiger partial charge in [-0.25, -0.2) is 13.6 Å². The van der Waals surface area contributed by atoms with Crippen LogP contribution in [0.2, 0.25) is 5.02 Å². The van der Waals surface area contributed by atoms with Gasteiger partial charge in [-0.3, -0.25) is 9.69 Å². The summed E-state index contributed by atoms with van der Waals surface area (Å²) in [7, 11) is -3.75. The Balaban J connectivity index is 1.57. The second kappa shape index (κ2) is 8.48. The van der Waals surface area contributed by atoms with Crippen LogP contribution in [-0.4, -0.2) is 51.4 Å². The van der Waals surface area contributed by atoms with Crippen LogP contribution in [0.4, 0.5) is 11.4 Å². The number of amides is 1. The van der Waals surface area contributed by atoms with Gasteiger partial charge in [-0.15, -0.1) is 0 Å². The Morgan fingerprint density at radius 2 is 1.68 bits per heavy atom. The van der Waals surface area contributed by atoms with Gasteiger partial charge in [-0.1, -0.05) is 23.7 Å². The fourth-order valence-electron chi connectivity index (χ4n) is 3.20. The molecular weight excluding hydrogens is 400 g/mol. The third kappa shape index (κ3) is 4.82. The van der Waals surface area contributed by atoms with Crippen molar-refractivity contribution >= 4 is 38.9 Å². The average Bonchev–Trinajstić information content (AvgIpc) is 2.67. The molecule has 1 aliphatic heterocycles. The number of rotatable bonds is 5. The number of halogens is 1. The normalized spacial score (nSPS) is 16.6. The van der Waals surface area contributed by atoms with E-state index < -0.39 is 10.0 Å². The van der Waals surface area contributed by atoms with Gasteiger partial charge < -0.3 is 10.2 Å². The molecule has 1 amide bonds. The molecule has 0 aliphatic carbocycles. The third-order valence-electron chi connectivity index (χ3n) is 4.88. The van der Waals surface area contributed by atoms with Gasteiger partial charge >= 0.3 is 0 Å². The number of nitrogens with one attached hydrogen (secondary N) is 1. The lowest BCUT2D eigenvalue weighted by Crippen LogP contribution is -2.52. The van der Waals surface area contributed by atoms with Crippen molar-refractivity contribution in [1.82, 2.24) is 4.90 Å². The van der Waals surface area contributed by atoms with Crippen LogP contribution in [0.5, 0.6) is 0 Å². The molecular formula is C19H23ClN4O3S. The molecule has 0 unspecified atom stereocenters. The molecule has 0 spiro atoms. The summed E-state index contributed by atoms with van der Waals surface area (Å²) in [4.78, 5) is 16.9. The first-order chi connectivity index (χ1) is 13.3. The number of hydrogen-bond donors (Lipinski definition) is 2. The molecule has 1 saturated heterocycles. The number of carbonyl (C=O) groups excluding carboxylic acids is 1. The van der Waals surface area contributed by atoms with Crippen molar-refractivity contribution in [2.75, 3.05) is 36.4 Å². The minimum absolute atomic E-state index is 0.00856. The molecule has 1 aliphatic rings. The Kier molecular flexibility index (Phi) is 6.24. The zero-order chi connectivity index (χ0) is 20.3. The summed E-state index contributed by atoms with van der Waals surface area (Å²) in [6.45, 7) is 4.91.